The molecule has 3 heterocycles. The Morgan fingerprint density at radius 2 is 2.11 bits per heavy atom. The molecule has 0 atom stereocenters. The van der Waals surface area contributed by atoms with Crippen LogP contribution in [0.1, 0.15) is 35.8 Å². The number of aryl methyl sites for hydroxylation is 1. The number of pyridine rings is 1. The van der Waals surface area contributed by atoms with Crippen LogP contribution in [0.2, 0.25) is 0 Å². The van der Waals surface area contributed by atoms with Crippen LogP contribution in [0.5, 0.6) is 5.75 Å². The second-order valence-electron chi connectivity index (χ2n) is 7.20. The van der Waals surface area contributed by atoms with Crippen molar-refractivity contribution in [2.75, 3.05) is 32.8 Å². The summed E-state index contributed by atoms with van der Waals surface area (Å²) in [5.74, 6) is 0.853. The van der Waals surface area contributed by atoms with Crippen molar-refractivity contribution in [3.8, 4) is 5.75 Å². The molecule has 2 aromatic heterocycles. The largest absolute Gasteiger partial charge is 0.484 e. The van der Waals surface area contributed by atoms with E-state index in [0.29, 0.717) is 18.1 Å². The van der Waals surface area contributed by atoms with Gasteiger partial charge in [0.25, 0.3) is 5.91 Å². The first kappa shape index (κ1) is 19.3. The molecule has 1 aliphatic rings. The number of ether oxygens (including phenoxy) is 2. The molecule has 0 bridgehead atoms. The maximum Gasteiger partial charge on any atom is 0.273 e. The van der Waals surface area contributed by atoms with Crippen molar-refractivity contribution in [3.63, 3.8) is 0 Å². The van der Waals surface area contributed by atoms with E-state index in [1.54, 1.807) is 12.3 Å². The highest BCUT2D eigenvalue weighted by Crippen LogP contribution is 2.16. The van der Waals surface area contributed by atoms with Crippen LogP contribution in [0.3, 0.4) is 0 Å². The number of nitrogens with zero attached hydrogens (tertiary/aromatic N) is 3. The first-order valence-electron chi connectivity index (χ1n) is 9.06. The third-order valence-electron chi connectivity index (χ3n) is 4.61. The standard InChI is InChI=1S/C19H26N4O4/c1-14-4-5-15(11-20-14)26-12-16-10-17(22-27-16)18(24)21-13-19(2,3)23-6-8-25-9-7-23/h4-5,10-11H,6-9,12-13H2,1-3H3,(H,21,24). The fourth-order valence-electron chi connectivity index (χ4n) is 2.85. The van der Waals surface area contributed by atoms with Gasteiger partial charge >= 0.3 is 0 Å². The van der Waals surface area contributed by atoms with E-state index in [9.17, 15) is 4.79 Å². The summed E-state index contributed by atoms with van der Waals surface area (Å²) in [6.07, 6.45) is 1.65. The van der Waals surface area contributed by atoms with Crippen molar-refractivity contribution in [1.82, 2.24) is 20.4 Å². The van der Waals surface area contributed by atoms with Gasteiger partial charge in [-0.1, -0.05) is 5.16 Å². The highest BCUT2D eigenvalue weighted by Gasteiger charge is 2.29. The van der Waals surface area contributed by atoms with E-state index in [-0.39, 0.29) is 23.7 Å². The normalized spacial score (nSPS) is 15.5. The fraction of sp³-hybridized carbons (Fsp3) is 0.526. The predicted octanol–water partition coefficient (Wildman–Crippen LogP) is 1.80. The van der Waals surface area contributed by atoms with Gasteiger partial charge in [0.05, 0.1) is 19.4 Å². The van der Waals surface area contributed by atoms with E-state index in [1.165, 1.54) is 0 Å². The molecule has 1 saturated heterocycles. The van der Waals surface area contributed by atoms with Gasteiger partial charge in [-0.3, -0.25) is 14.7 Å². The van der Waals surface area contributed by atoms with Gasteiger partial charge in [0, 0.05) is 36.9 Å². The van der Waals surface area contributed by atoms with Crippen LogP contribution in [-0.4, -0.2) is 59.3 Å². The molecule has 2 aromatic rings. The smallest absolute Gasteiger partial charge is 0.273 e. The maximum atomic E-state index is 12.4. The van der Waals surface area contributed by atoms with Crippen molar-refractivity contribution in [2.45, 2.75) is 32.9 Å². The van der Waals surface area contributed by atoms with Crippen LogP contribution >= 0.6 is 0 Å². The lowest BCUT2D eigenvalue weighted by molar-refractivity contribution is -0.00925. The van der Waals surface area contributed by atoms with Gasteiger partial charge in [-0.05, 0) is 32.9 Å². The van der Waals surface area contributed by atoms with Gasteiger partial charge in [0.2, 0.25) is 0 Å². The Morgan fingerprint density at radius 1 is 1.33 bits per heavy atom. The van der Waals surface area contributed by atoms with E-state index < -0.39 is 0 Å². The van der Waals surface area contributed by atoms with Gasteiger partial charge in [0.15, 0.2) is 11.5 Å². The van der Waals surface area contributed by atoms with Crippen LogP contribution < -0.4 is 10.1 Å². The van der Waals surface area contributed by atoms with Crippen molar-refractivity contribution in [2.24, 2.45) is 0 Å². The highest BCUT2D eigenvalue weighted by molar-refractivity contribution is 5.92. The van der Waals surface area contributed by atoms with Gasteiger partial charge in [-0.2, -0.15) is 0 Å². The zero-order valence-electron chi connectivity index (χ0n) is 16.0. The summed E-state index contributed by atoms with van der Waals surface area (Å²) in [6.45, 7) is 9.99. The zero-order chi connectivity index (χ0) is 19.3. The molecule has 0 spiro atoms. The molecule has 8 nitrogen and oxygen atoms in total. The summed E-state index contributed by atoms with van der Waals surface area (Å²) in [7, 11) is 0. The summed E-state index contributed by atoms with van der Waals surface area (Å²) in [4.78, 5) is 18.8. The van der Waals surface area contributed by atoms with E-state index in [2.05, 4.69) is 34.2 Å². The molecule has 0 unspecified atom stereocenters. The molecule has 0 saturated carbocycles. The van der Waals surface area contributed by atoms with Gasteiger partial charge in [0.1, 0.15) is 12.4 Å². The van der Waals surface area contributed by atoms with Crippen molar-refractivity contribution < 1.29 is 18.8 Å². The molecule has 146 valence electrons. The Morgan fingerprint density at radius 3 is 2.81 bits per heavy atom. The van der Waals surface area contributed by atoms with Crippen molar-refractivity contribution in [3.05, 3.63) is 41.5 Å². The van der Waals surface area contributed by atoms with Crippen LogP contribution in [0, 0.1) is 6.92 Å². The summed E-state index contributed by atoms with van der Waals surface area (Å²) < 4.78 is 16.2. The summed E-state index contributed by atoms with van der Waals surface area (Å²) in [5, 5.41) is 6.77. The topological polar surface area (TPSA) is 89.7 Å². The highest BCUT2D eigenvalue weighted by atomic mass is 16.5. The van der Waals surface area contributed by atoms with E-state index >= 15 is 0 Å². The van der Waals surface area contributed by atoms with Crippen molar-refractivity contribution >= 4 is 5.91 Å². The Bertz CT molecular complexity index is 751. The number of hydrogen-bond donors (Lipinski definition) is 1. The molecule has 8 heteroatoms. The Hall–Kier alpha value is -2.45. The van der Waals surface area contributed by atoms with Crippen LogP contribution in [-0.2, 0) is 11.3 Å². The first-order chi connectivity index (χ1) is 12.9. The summed E-state index contributed by atoms with van der Waals surface area (Å²) in [6, 6.07) is 5.30. The number of aromatic nitrogens is 2. The zero-order valence-corrected chi connectivity index (χ0v) is 16.0. The lowest BCUT2D eigenvalue weighted by atomic mass is 10.0. The predicted molar refractivity (Wildman–Crippen MR) is 98.6 cm³/mol. The van der Waals surface area contributed by atoms with Gasteiger partial charge in [-0.25, -0.2) is 0 Å². The van der Waals surface area contributed by atoms with Crippen LogP contribution in [0.4, 0.5) is 0 Å². The third-order valence-corrected chi connectivity index (χ3v) is 4.61. The lowest BCUT2D eigenvalue weighted by Gasteiger charge is -2.40. The number of amides is 1. The number of carbonyl (C=O) groups is 1. The Balaban J connectivity index is 1.49. The molecular formula is C19H26N4O4. The first-order valence-corrected chi connectivity index (χ1v) is 9.06. The number of nitrogens with one attached hydrogen (secondary N) is 1. The SMILES string of the molecule is Cc1ccc(OCc2cc(C(=O)NCC(C)(C)N3CCOCC3)no2)cn1. The number of hydrogen-bond acceptors (Lipinski definition) is 7. The van der Waals surface area contributed by atoms with Gasteiger partial charge in [-0.15, -0.1) is 0 Å². The average Bonchev–Trinajstić information content (AvgIpc) is 3.16. The Kier molecular flexibility index (Phi) is 6.08. The van der Waals surface area contributed by atoms with Crippen LogP contribution in [0.25, 0.3) is 0 Å². The second kappa shape index (κ2) is 8.49. The van der Waals surface area contributed by atoms with Crippen molar-refractivity contribution in [1.29, 1.82) is 0 Å². The minimum atomic E-state index is -0.261. The molecule has 1 N–H and O–H groups in total. The monoisotopic (exact) mass is 374 g/mol. The quantitative estimate of drug-likeness (QED) is 0.790. The molecular weight excluding hydrogens is 348 g/mol. The van der Waals surface area contributed by atoms with E-state index in [0.717, 1.165) is 32.0 Å². The molecule has 1 amide bonds. The molecule has 0 aromatic carbocycles. The minimum Gasteiger partial charge on any atom is -0.484 e. The van der Waals surface area contributed by atoms with E-state index in [4.69, 9.17) is 14.0 Å². The minimum absolute atomic E-state index is 0.159. The maximum absolute atomic E-state index is 12.4. The van der Waals surface area contributed by atoms with E-state index in [1.807, 2.05) is 19.1 Å². The van der Waals surface area contributed by atoms with Gasteiger partial charge < -0.3 is 19.3 Å². The number of rotatable bonds is 7. The number of carbonyl (C=O) groups excluding carboxylic acids is 1. The van der Waals surface area contributed by atoms with Crippen LogP contribution in [0.15, 0.2) is 28.9 Å². The molecule has 3 rings (SSSR count). The Labute approximate surface area is 158 Å². The fourth-order valence-corrected chi connectivity index (χ4v) is 2.85. The molecule has 27 heavy (non-hydrogen) atoms. The lowest BCUT2D eigenvalue weighted by Crippen LogP contribution is -2.55. The molecule has 0 radical (unpaired) electrons. The second-order valence-corrected chi connectivity index (χ2v) is 7.20. The molecule has 0 aliphatic carbocycles. The average molecular weight is 374 g/mol. The summed E-state index contributed by atoms with van der Waals surface area (Å²) >= 11 is 0. The molecule has 1 aliphatic heterocycles. The summed E-state index contributed by atoms with van der Waals surface area (Å²) in [5.41, 5.74) is 1.00. The number of morpholine rings is 1. The third kappa shape index (κ3) is 5.27. The molecule has 1 fully saturated rings.